The maximum atomic E-state index is 11.5. The van der Waals surface area contributed by atoms with Gasteiger partial charge in [0.1, 0.15) is 12.2 Å². The number of esters is 2. The Balaban J connectivity index is 1.30. The van der Waals surface area contributed by atoms with Crippen molar-refractivity contribution in [1.29, 1.82) is 0 Å². The molecule has 0 saturated carbocycles. The molecule has 158 valence electrons. The van der Waals surface area contributed by atoms with Gasteiger partial charge in [0, 0.05) is 11.1 Å². The summed E-state index contributed by atoms with van der Waals surface area (Å²) in [5.74, 6) is -0.222. The van der Waals surface area contributed by atoms with Gasteiger partial charge in [0.05, 0.1) is 0 Å². The van der Waals surface area contributed by atoms with E-state index < -0.39 is 0 Å². The molecule has 0 amide bonds. The normalized spacial score (nSPS) is 21.5. The Morgan fingerprint density at radius 1 is 0.571 bits per heavy atom. The molecule has 2 aliphatic rings. The Morgan fingerprint density at radius 3 is 1.11 bits per heavy atom. The minimum absolute atomic E-state index is 0.0326. The van der Waals surface area contributed by atoms with Crippen LogP contribution in [0, 0.1) is 0 Å². The van der Waals surface area contributed by atoms with Crippen LogP contribution in [0.25, 0.3) is 0 Å². The lowest BCUT2D eigenvalue weighted by Crippen LogP contribution is -2.03. The fraction of sp³-hybridized carbons (Fsp3) is 0.750. The largest absolute Gasteiger partial charge is 0.455 e. The second kappa shape index (κ2) is 12.8. The molecule has 0 bridgehead atoms. The number of carbonyl (C=O) groups is 2. The predicted octanol–water partition coefficient (Wildman–Crippen LogP) is 6.19. The lowest BCUT2D eigenvalue weighted by atomic mass is 10.0. The molecule has 0 N–H and O–H groups in total. The lowest BCUT2D eigenvalue weighted by molar-refractivity contribution is -0.140. The summed E-state index contributed by atoms with van der Waals surface area (Å²) in [7, 11) is 0. The van der Waals surface area contributed by atoms with Crippen LogP contribution >= 0.6 is 0 Å². The number of rotatable bonds is 15. The van der Waals surface area contributed by atoms with Gasteiger partial charge in [-0.3, -0.25) is 0 Å². The molecule has 0 radical (unpaired) electrons. The summed E-state index contributed by atoms with van der Waals surface area (Å²) in [5.41, 5.74) is 1.75. The molecule has 0 aromatic carbocycles. The van der Waals surface area contributed by atoms with Crippen LogP contribution in [0.15, 0.2) is 23.3 Å². The fourth-order valence-electron chi connectivity index (χ4n) is 4.03. The number of carbonyl (C=O) groups excluding carboxylic acids is 2. The molecule has 2 aliphatic heterocycles. The van der Waals surface area contributed by atoms with Crippen LogP contribution in [0.4, 0.5) is 0 Å². The summed E-state index contributed by atoms with van der Waals surface area (Å²) in [4.78, 5) is 23.0. The van der Waals surface area contributed by atoms with Gasteiger partial charge in [-0.25, -0.2) is 9.59 Å². The van der Waals surface area contributed by atoms with Gasteiger partial charge in [0.2, 0.25) is 0 Å². The molecule has 2 heterocycles. The standard InChI is InChI=1S/C24H38O4/c1-19-17-21(23(25)27-19)15-13-11-9-7-5-3-4-6-8-10-12-14-16-22-18-20(2)28-24(22)26/h17-20H,3-16H2,1-2H3. The minimum Gasteiger partial charge on any atom is -0.455 e. The van der Waals surface area contributed by atoms with Crippen LogP contribution in [0.5, 0.6) is 0 Å². The van der Waals surface area contributed by atoms with Gasteiger partial charge >= 0.3 is 11.9 Å². The van der Waals surface area contributed by atoms with Crippen LogP contribution in [-0.2, 0) is 19.1 Å². The molecular weight excluding hydrogens is 352 g/mol. The summed E-state index contributed by atoms with van der Waals surface area (Å²) in [6, 6.07) is 0. The highest BCUT2D eigenvalue weighted by molar-refractivity contribution is 5.91. The van der Waals surface area contributed by atoms with Gasteiger partial charge in [-0.2, -0.15) is 0 Å². The zero-order chi connectivity index (χ0) is 20.2. The third-order valence-electron chi connectivity index (χ3n) is 5.62. The third-order valence-corrected chi connectivity index (χ3v) is 5.62. The zero-order valence-electron chi connectivity index (χ0n) is 17.8. The minimum atomic E-state index is -0.111. The average Bonchev–Trinajstić information content (AvgIpc) is 3.14. The molecule has 28 heavy (non-hydrogen) atoms. The molecule has 0 aliphatic carbocycles. The average molecular weight is 391 g/mol. The van der Waals surface area contributed by atoms with E-state index in [0.29, 0.717) is 0 Å². The van der Waals surface area contributed by atoms with E-state index in [1.54, 1.807) is 0 Å². The summed E-state index contributed by atoms with van der Waals surface area (Å²) in [5, 5.41) is 0. The molecule has 0 saturated heterocycles. The number of ether oxygens (including phenoxy) is 2. The number of cyclic esters (lactones) is 2. The summed E-state index contributed by atoms with van der Waals surface area (Å²) >= 11 is 0. The number of hydrogen-bond acceptors (Lipinski definition) is 4. The van der Waals surface area contributed by atoms with Gasteiger partial charge in [0.15, 0.2) is 0 Å². The molecule has 0 spiro atoms. The van der Waals surface area contributed by atoms with Crippen LogP contribution in [0.3, 0.4) is 0 Å². The van der Waals surface area contributed by atoms with Crippen molar-refractivity contribution in [3.05, 3.63) is 23.3 Å². The third kappa shape index (κ3) is 8.62. The summed E-state index contributed by atoms with van der Waals surface area (Å²) in [6.45, 7) is 3.83. The highest BCUT2D eigenvalue weighted by atomic mass is 16.6. The van der Waals surface area contributed by atoms with E-state index in [0.717, 1.165) is 36.8 Å². The molecule has 4 heteroatoms. The van der Waals surface area contributed by atoms with Crippen molar-refractivity contribution in [3.63, 3.8) is 0 Å². The van der Waals surface area contributed by atoms with Gasteiger partial charge in [0.25, 0.3) is 0 Å². The first-order valence-electron chi connectivity index (χ1n) is 11.4. The first kappa shape index (κ1) is 22.7. The monoisotopic (exact) mass is 390 g/mol. The van der Waals surface area contributed by atoms with Crippen LogP contribution in [-0.4, -0.2) is 24.1 Å². The van der Waals surface area contributed by atoms with Crippen molar-refractivity contribution in [3.8, 4) is 0 Å². The van der Waals surface area contributed by atoms with Crippen molar-refractivity contribution >= 4 is 11.9 Å². The van der Waals surface area contributed by atoms with E-state index in [2.05, 4.69) is 0 Å². The second-order valence-corrected chi connectivity index (χ2v) is 8.35. The van der Waals surface area contributed by atoms with Gasteiger partial charge in [-0.15, -0.1) is 0 Å². The van der Waals surface area contributed by atoms with Crippen molar-refractivity contribution in [2.45, 2.75) is 116 Å². The molecule has 0 fully saturated rings. The summed E-state index contributed by atoms with van der Waals surface area (Å²) in [6.07, 6.45) is 20.7. The second-order valence-electron chi connectivity index (χ2n) is 8.35. The Morgan fingerprint density at radius 2 is 0.857 bits per heavy atom. The number of hydrogen-bond donors (Lipinski definition) is 0. The molecule has 0 aromatic rings. The molecular formula is C24H38O4. The van der Waals surface area contributed by atoms with Crippen LogP contribution in [0.1, 0.15) is 104 Å². The Kier molecular flexibility index (Phi) is 10.4. The van der Waals surface area contributed by atoms with E-state index in [-0.39, 0.29) is 24.1 Å². The topological polar surface area (TPSA) is 52.6 Å². The van der Waals surface area contributed by atoms with Gasteiger partial charge in [-0.05, 0) is 51.7 Å². The van der Waals surface area contributed by atoms with E-state index in [9.17, 15) is 9.59 Å². The van der Waals surface area contributed by atoms with Crippen LogP contribution < -0.4 is 0 Å². The van der Waals surface area contributed by atoms with E-state index in [1.807, 2.05) is 26.0 Å². The maximum Gasteiger partial charge on any atom is 0.334 e. The zero-order valence-corrected chi connectivity index (χ0v) is 17.8. The molecule has 2 unspecified atom stereocenters. The smallest absolute Gasteiger partial charge is 0.334 e. The van der Waals surface area contributed by atoms with Crippen molar-refractivity contribution in [2.75, 3.05) is 0 Å². The summed E-state index contributed by atoms with van der Waals surface area (Å²) < 4.78 is 10.2. The highest BCUT2D eigenvalue weighted by Crippen LogP contribution is 2.21. The first-order valence-corrected chi connectivity index (χ1v) is 11.4. The van der Waals surface area contributed by atoms with Crippen LogP contribution in [0.2, 0.25) is 0 Å². The Bertz CT molecular complexity index is 511. The Hall–Kier alpha value is -1.58. The first-order chi connectivity index (χ1) is 13.6. The molecule has 2 atom stereocenters. The number of unbranched alkanes of at least 4 members (excludes halogenated alkanes) is 11. The van der Waals surface area contributed by atoms with Gasteiger partial charge < -0.3 is 9.47 Å². The Labute approximate surface area is 170 Å². The van der Waals surface area contributed by atoms with Crippen molar-refractivity contribution in [1.82, 2.24) is 0 Å². The van der Waals surface area contributed by atoms with E-state index >= 15 is 0 Å². The molecule has 0 aromatic heterocycles. The molecule has 4 nitrogen and oxygen atoms in total. The van der Waals surface area contributed by atoms with Crippen molar-refractivity contribution in [2.24, 2.45) is 0 Å². The predicted molar refractivity (Wildman–Crippen MR) is 112 cm³/mol. The SMILES string of the molecule is CC1C=C(CCCCCCCCCCCCCCC2=CC(C)OC2=O)C(=O)O1. The van der Waals surface area contributed by atoms with Crippen molar-refractivity contribution < 1.29 is 19.1 Å². The quantitative estimate of drug-likeness (QED) is 0.247. The fourth-order valence-corrected chi connectivity index (χ4v) is 4.03. The highest BCUT2D eigenvalue weighted by Gasteiger charge is 2.21. The van der Waals surface area contributed by atoms with E-state index in [1.165, 1.54) is 64.2 Å². The lowest BCUT2D eigenvalue weighted by Gasteiger charge is -2.04. The van der Waals surface area contributed by atoms with Gasteiger partial charge in [-0.1, -0.05) is 64.2 Å². The van der Waals surface area contributed by atoms with E-state index in [4.69, 9.17) is 9.47 Å². The molecule has 2 rings (SSSR count). The maximum absolute atomic E-state index is 11.5.